The zero-order valence-electron chi connectivity index (χ0n) is 13.5. The van der Waals surface area contributed by atoms with Gasteiger partial charge in [0.15, 0.2) is 0 Å². The fraction of sp³-hybridized carbons (Fsp3) is 0.353. The van der Waals surface area contributed by atoms with E-state index in [0.717, 1.165) is 22.9 Å². The van der Waals surface area contributed by atoms with E-state index in [1.54, 1.807) is 0 Å². The summed E-state index contributed by atoms with van der Waals surface area (Å²) >= 11 is 7.52. The summed E-state index contributed by atoms with van der Waals surface area (Å²) in [5.74, 6) is -1.89. The summed E-state index contributed by atoms with van der Waals surface area (Å²) in [5, 5.41) is 12.9. The van der Waals surface area contributed by atoms with E-state index in [2.05, 4.69) is 5.32 Å². The molecule has 132 valence electrons. The van der Waals surface area contributed by atoms with Gasteiger partial charge in [-0.15, -0.1) is 11.3 Å². The predicted octanol–water partition coefficient (Wildman–Crippen LogP) is 2.75. The van der Waals surface area contributed by atoms with E-state index in [-0.39, 0.29) is 12.6 Å². The Balaban J connectivity index is 1.69. The molecule has 0 aliphatic heterocycles. The lowest BCUT2D eigenvalue weighted by Gasteiger charge is -2.26. The second-order valence-electron chi connectivity index (χ2n) is 5.97. The molecule has 0 saturated heterocycles. The first-order chi connectivity index (χ1) is 11.9. The number of benzene rings is 1. The Morgan fingerprint density at radius 3 is 2.64 bits per heavy atom. The number of thiophene rings is 1. The molecule has 1 heterocycles. The fourth-order valence-corrected chi connectivity index (χ4v) is 4.13. The molecule has 2 N–H and O–H groups in total. The zero-order chi connectivity index (χ0) is 18.1. The van der Waals surface area contributed by atoms with Crippen LogP contribution in [0.3, 0.4) is 0 Å². The first kappa shape index (κ1) is 17.7. The van der Waals surface area contributed by atoms with Crippen LogP contribution in [-0.4, -0.2) is 46.4 Å². The van der Waals surface area contributed by atoms with Crippen molar-refractivity contribution in [3.05, 3.63) is 34.2 Å². The number of nitrogens with one attached hydrogen (secondary N) is 1. The van der Waals surface area contributed by atoms with Gasteiger partial charge in [0.1, 0.15) is 10.9 Å². The standard InChI is InChI=1S/C17H17ClN2O4S/c1-9(17(23)24)20(10-6-7-10)13(21)8-19-16(22)15-14(18)11-4-2-3-5-12(11)25-15/h2-5,9-10H,6-8H2,1H3,(H,19,22)(H,23,24). The highest BCUT2D eigenvalue weighted by Crippen LogP contribution is 2.35. The topological polar surface area (TPSA) is 86.7 Å². The molecule has 3 rings (SSSR count). The van der Waals surface area contributed by atoms with Gasteiger partial charge in [0.05, 0.1) is 11.6 Å². The third kappa shape index (κ3) is 3.62. The van der Waals surface area contributed by atoms with Crippen molar-refractivity contribution < 1.29 is 19.5 Å². The maximum absolute atomic E-state index is 12.4. The molecule has 1 fully saturated rings. The summed E-state index contributed by atoms with van der Waals surface area (Å²) in [4.78, 5) is 37.6. The first-order valence-corrected chi connectivity index (χ1v) is 9.08. The summed E-state index contributed by atoms with van der Waals surface area (Å²) in [7, 11) is 0. The molecule has 8 heteroatoms. The fourth-order valence-electron chi connectivity index (χ4n) is 2.70. The highest BCUT2D eigenvalue weighted by Gasteiger charge is 2.38. The summed E-state index contributed by atoms with van der Waals surface area (Å²) in [6, 6.07) is 6.44. The Morgan fingerprint density at radius 1 is 1.36 bits per heavy atom. The lowest BCUT2D eigenvalue weighted by molar-refractivity contribution is -0.149. The average molecular weight is 381 g/mol. The van der Waals surface area contributed by atoms with Crippen LogP contribution >= 0.6 is 22.9 Å². The van der Waals surface area contributed by atoms with E-state index in [0.29, 0.717) is 9.90 Å². The lowest BCUT2D eigenvalue weighted by Crippen LogP contribution is -2.48. The van der Waals surface area contributed by atoms with Gasteiger partial charge >= 0.3 is 5.97 Å². The second-order valence-corrected chi connectivity index (χ2v) is 7.40. The van der Waals surface area contributed by atoms with Crippen LogP contribution in [0.2, 0.25) is 5.02 Å². The maximum Gasteiger partial charge on any atom is 0.326 e. The van der Waals surface area contributed by atoms with Gasteiger partial charge in [-0.25, -0.2) is 4.79 Å². The van der Waals surface area contributed by atoms with Gasteiger partial charge < -0.3 is 15.3 Å². The third-order valence-corrected chi connectivity index (χ3v) is 5.82. The molecule has 0 radical (unpaired) electrons. The van der Waals surface area contributed by atoms with Crippen LogP contribution < -0.4 is 5.32 Å². The number of carbonyl (C=O) groups excluding carboxylic acids is 2. The van der Waals surface area contributed by atoms with E-state index in [4.69, 9.17) is 16.7 Å². The van der Waals surface area contributed by atoms with E-state index >= 15 is 0 Å². The Kier molecular flexibility index (Phi) is 4.96. The van der Waals surface area contributed by atoms with Gasteiger partial charge in [-0.05, 0) is 25.8 Å². The maximum atomic E-state index is 12.4. The number of aliphatic carboxylic acids is 1. The second kappa shape index (κ2) is 7.01. The summed E-state index contributed by atoms with van der Waals surface area (Å²) < 4.78 is 0.892. The van der Waals surface area contributed by atoms with Crippen molar-refractivity contribution in [3.63, 3.8) is 0 Å². The van der Waals surface area contributed by atoms with Crippen molar-refractivity contribution in [2.75, 3.05) is 6.54 Å². The Morgan fingerprint density at radius 2 is 2.04 bits per heavy atom. The lowest BCUT2D eigenvalue weighted by atomic mass is 10.2. The number of fused-ring (bicyclic) bond motifs is 1. The molecule has 1 saturated carbocycles. The van der Waals surface area contributed by atoms with Gasteiger partial charge in [0.25, 0.3) is 5.91 Å². The molecule has 1 aliphatic carbocycles. The summed E-state index contributed by atoms with van der Waals surface area (Å²) in [6.45, 7) is 1.22. The number of amides is 2. The van der Waals surface area contributed by atoms with Crippen molar-refractivity contribution in [1.82, 2.24) is 10.2 Å². The van der Waals surface area contributed by atoms with Crippen molar-refractivity contribution in [1.29, 1.82) is 0 Å². The number of hydrogen-bond acceptors (Lipinski definition) is 4. The van der Waals surface area contributed by atoms with E-state index < -0.39 is 23.8 Å². The minimum atomic E-state index is -1.06. The number of rotatable bonds is 6. The quantitative estimate of drug-likeness (QED) is 0.806. The van der Waals surface area contributed by atoms with Crippen molar-refractivity contribution in [2.24, 2.45) is 0 Å². The SMILES string of the molecule is CC(C(=O)O)N(C(=O)CNC(=O)c1sc2ccccc2c1Cl)C1CC1. The normalized spacial score (nSPS) is 15.0. The van der Waals surface area contributed by atoms with Gasteiger partial charge in [-0.1, -0.05) is 29.8 Å². The largest absolute Gasteiger partial charge is 0.480 e. The number of nitrogens with zero attached hydrogens (tertiary/aromatic N) is 1. The number of carboxylic acid groups (broad SMARTS) is 1. The molecule has 1 aromatic heterocycles. The van der Waals surface area contributed by atoms with Crippen molar-refractivity contribution >= 4 is 50.8 Å². The molecule has 25 heavy (non-hydrogen) atoms. The molecule has 2 amide bonds. The number of hydrogen-bond donors (Lipinski definition) is 2. The highest BCUT2D eigenvalue weighted by molar-refractivity contribution is 7.21. The van der Waals surface area contributed by atoms with E-state index in [1.807, 2.05) is 24.3 Å². The molecule has 6 nitrogen and oxygen atoms in total. The summed E-state index contributed by atoms with van der Waals surface area (Å²) in [5.41, 5.74) is 0. The van der Waals surface area contributed by atoms with Gasteiger partial charge in [-0.3, -0.25) is 9.59 Å². The molecular weight excluding hydrogens is 364 g/mol. The summed E-state index contributed by atoms with van der Waals surface area (Å²) in [6.07, 6.45) is 1.58. The molecule has 1 aliphatic rings. The van der Waals surface area contributed by atoms with E-state index in [1.165, 1.54) is 23.2 Å². The Labute approximate surface area is 153 Å². The predicted molar refractivity (Wildman–Crippen MR) is 96.1 cm³/mol. The molecule has 1 unspecified atom stereocenters. The molecule has 1 aromatic carbocycles. The Hall–Kier alpha value is -2.12. The van der Waals surface area contributed by atoms with Gasteiger partial charge in [-0.2, -0.15) is 0 Å². The van der Waals surface area contributed by atoms with Crippen LogP contribution in [0.4, 0.5) is 0 Å². The number of carbonyl (C=O) groups is 3. The van der Waals surface area contributed by atoms with Gasteiger partial charge in [0, 0.05) is 16.1 Å². The van der Waals surface area contributed by atoms with E-state index in [9.17, 15) is 14.4 Å². The van der Waals surface area contributed by atoms with Crippen molar-refractivity contribution in [3.8, 4) is 0 Å². The number of carboxylic acids is 1. The van der Waals surface area contributed by atoms with Gasteiger partial charge in [0.2, 0.25) is 5.91 Å². The van der Waals surface area contributed by atoms with Crippen LogP contribution in [0.1, 0.15) is 29.4 Å². The number of halogens is 1. The Bertz CT molecular complexity index is 846. The smallest absolute Gasteiger partial charge is 0.326 e. The zero-order valence-corrected chi connectivity index (χ0v) is 15.1. The van der Waals surface area contributed by atoms with Crippen LogP contribution in [0.25, 0.3) is 10.1 Å². The first-order valence-electron chi connectivity index (χ1n) is 7.89. The van der Waals surface area contributed by atoms with Crippen LogP contribution in [0, 0.1) is 0 Å². The van der Waals surface area contributed by atoms with Crippen LogP contribution in [-0.2, 0) is 9.59 Å². The monoisotopic (exact) mass is 380 g/mol. The highest BCUT2D eigenvalue weighted by atomic mass is 35.5. The molecule has 0 bridgehead atoms. The molecule has 0 spiro atoms. The average Bonchev–Trinajstić information content (AvgIpc) is 3.36. The van der Waals surface area contributed by atoms with Crippen LogP contribution in [0.15, 0.2) is 24.3 Å². The van der Waals surface area contributed by atoms with Crippen molar-refractivity contribution in [2.45, 2.75) is 31.8 Å². The minimum Gasteiger partial charge on any atom is -0.480 e. The minimum absolute atomic E-state index is 0.0524. The molecule has 2 aromatic rings. The molecular formula is C17H17ClN2O4S. The van der Waals surface area contributed by atoms with Crippen LogP contribution in [0.5, 0.6) is 0 Å². The third-order valence-electron chi connectivity index (χ3n) is 4.14. The molecule has 1 atom stereocenters.